The first-order valence-electron chi connectivity index (χ1n) is 14.2. The van der Waals surface area contributed by atoms with E-state index >= 15 is 0 Å². The number of hydrogen-bond acceptors (Lipinski definition) is 10. The van der Waals surface area contributed by atoms with Crippen molar-refractivity contribution in [1.82, 2.24) is 0 Å². The molecule has 0 heterocycles. The molecule has 3 aromatic carbocycles. The van der Waals surface area contributed by atoms with Crippen LogP contribution in [0.1, 0.15) is 37.4 Å². The summed E-state index contributed by atoms with van der Waals surface area (Å²) >= 11 is 0. The number of carbonyl (C=O) groups excluding carboxylic acids is 2. The van der Waals surface area contributed by atoms with Gasteiger partial charge >= 0.3 is 11.9 Å². The highest BCUT2D eigenvalue weighted by Gasteiger charge is 2.16. The van der Waals surface area contributed by atoms with E-state index in [0.717, 1.165) is 11.1 Å². The number of esters is 2. The summed E-state index contributed by atoms with van der Waals surface area (Å²) in [5.74, 6) is 0.325. The first-order chi connectivity index (χ1) is 21.5. The van der Waals surface area contributed by atoms with Crippen LogP contribution in [0.5, 0.6) is 11.5 Å². The van der Waals surface area contributed by atoms with Crippen LogP contribution in [0.25, 0.3) is 6.08 Å². The van der Waals surface area contributed by atoms with Crippen LogP contribution in [0.4, 0.5) is 0 Å². The Hall–Kier alpha value is -4.22. The van der Waals surface area contributed by atoms with Gasteiger partial charge in [0.1, 0.15) is 37.9 Å². The lowest BCUT2D eigenvalue weighted by Crippen LogP contribution is -2.11. The van der Waals surface area contributed by atoms with Crippen LogP contribution in [-0.4, -0.2) is 79.0 Å². The lowest BCUT2D eigenvalue weighted by molar-refractivity contribution is 0.0458. The van der Waals surface area contributed by atoms with Crippen LogP contribution in [0.3, 0.4) is 0 Å². The molecule has 0 saturated heterocycles. The van der Waals surface area contributed by atoms with E-state index < -0.39 is 11.9 Å². The van der Waals surface area contributed by atoms with Gasteiger partial charge in [0.25, 0.3) is 0 Å². The summed E-state index contributed by atoms with van der Waals surface area (Å²) < 4.78 is 42.8. The molecule has 3 rings (SSSR count). The van der Waals surface area contributed by atoms with Gasteiger partial charge in [0, 0.05) is 14.2 Å². The number of carbonyl (C=O) groups is 2. The molecule has 0 spiro atoms. The fourth-order valence-corrected chi connectivity index (χ4v) is 3.79. The number of benzene rings is 3. The molecule has 236 valence electrons. The maximum absolute atomic E-state index is 12.8. The van der Waals surface area contributed by atoms with Gasteiger partial charge < -0.3 is 37.9 Å². The van der Waals surface area contributed by atoms with Crippen molar-refractivity contribution in [3.8, 4) is 11.5 Å². The van der Waals surface area contributed by atoms with E-state index in [1.54, 1.807) is 44.6 Å². The third-order valence-corrected chi connectivity index (χ3v) is 6.17. The standard InChI is InChI=1S/C34H40O10/c1-4-28-23-29(33(35)43-24-26-5-10-30(11-6-26)41-21-19-39-17-15-37-2)9-14-32(28)34(36)44-25-27-7-12-31(13-8-27)42-22-20-40-18-16-38-3/h4-14,23H,1,15-22,24-25H2,2-3H3. The van der Waals surface area contributed by atoms with Crippen molar-refractivity contribution in [3.05, 3.63) is 101 Å². The predicted molar refractivity (Wildman–Crippen MR) is 164 cm³/mol. The number of methoxy groups -OCH3 is 2. The van der Waals surface area contributed by atoms with Gasteiger partial charge in [-0.1, -0.05) is 36.9 Å². The van der Waals surface area contributed by atoms with Gasteiger partial charge in [-0.05, 0) is 59.2 Å². The molecule has 44 heavy (non-hydrogen) atoms. The van der Waals surface area contributed by atoms with Crippen molar-refractivity contribution >= 4 is 18.0 Å². The maximum Gasteiger partial charge on any atom is 0.339 e. The highest BCUT2D eigenvalue weighted by atomic mass is 16.6. The van der Waals surface area contributed by atoms with Crippen LogP contribution < -0.4 is 9.47 Å². The molecule has 10 heteroatoms. The molecule has 0 aromatic heterocycles. The molecule has 0 fully saturated rings. The summed E-state index contributed by atoms with van der Waals surface area (Å²) in [7, 11) is 3.24. The first-order valence-corrected chi connectivity index (χ1v) is 14.2. The molecule has 0 aliphatic heterocycles. The van der Waals surface area contributed by atoms with Gasteiger partial charge in [0.05, 0.1) is 50.8 Å². The zero-order valence-electron chi connectivity index (χ0n) is 25.3. The Labute approximate surface area is 258 Å². The summed E-state index contributed by atoms with van der Waals surface area (Å²) in [6, 6.07) is 19.1. The van der Waals surface area contributed by atoms with E-state index in [0.29, 0.717) is 81.0 Å². The molecular weight excluding hydrogens is 568 g/mol. The maximum atomic E-state index is 12.8. The summed E-state index contributed by atoms with van der Waals surface area (Å²) in [5.41, 5.74) is 2.66. The van der Waals surface area contributed by atoms with Crippen molar-refractivity contribution in [1.29, 1.82) is 0 Å². The van der Waals surface area contributed by atoms with Gasteiger partial charge in [-0.15, -0.1) is 0 Å². The second kappa shape index (κ2) is 19.9. The minimum absolute atomic E-state index is 0.0750. The van der Waals surface area contributed by atoms with Gasteiger partial charge in [-0.3, -0.25) is 0 Å². The lowest BCUT2D eigenvalue weighted by atomic mass is 10.0. The molecule has 3 aromatic rings. The van der Waals surface area contributed by atoms with Crippen LogP contribution in [0.15, 0.2) is 73.3 Å². The molecule has 0 saturated carbocycles. The number of rotatable bonds is 21. The largest absolute Gasteiger partial charge is 0.491 e. The molecule has 0 N–H and O–H groups in total. The zero-order chi connectivity index (χ0) is 31.4. The third-order valence-electron chi connectivity index (χ3n) is 6.17. The molecule has 0 unspecified atom stereocenters. The van der Waals surface area contributed by atoms with Crippen molar-refractivity contribution in [2.75, 3.05) is 67.1 Å². The normalized spacial score (nSPS) is 10.7. The fraction of sp³-hybridized carbons (Fsp3) is 0.353. The van der Waals surface area contributed by atoms with E-state index in [4.69, 9.17) is 37.9 Å². The van der Waals surface area contributed by atoms with E-state index in [9.17, 15) is 9.59 Å². The summed E-state index contributed by atoms with van der Waals surface area (Å²) in [4.78, 5) is 25.5. The summed E-state index contributed by atoms with van der Waals surface area (Å²) in [6.07, 6.45) is 1.50. The van der Waals surface area contributed by atoms with Gasteiger partial charge in [-0.25, -0.2) is 9.59 Å². The van der Waals surface area contributed by atoms with Crippen molar-refractivity contribution in [2.24, 2.45) is 0 Å². The Bertz CT molecular complexity index is 1290. The van der Waals surface area contributed by atoms with Gasteiger partial charge in [0.15, 0.2) is 0 Å². The van der Waals surface area contributed by atoms with E-state index in [1.807, 2.05) is 24.3 Å². The van der Waals surface area contributed by atoms with E-state index in [1.165, 1.54) is 18.2 Å². The summed E-state index contributed by atoms with van der Waals surface area (Å²) in [5, 5.41) is 0. The SMILES string of the molecule is C=Cc1cc(C(=O)OCc2ccc(OCCOCCOC)cc2)ccc1C(=O)OCc1ccc(OCCOCCOC)cc1. The van der Waals surface area contributed by atoms with E-state index in [2.05, 4.69) is 6.58 Å². The predicted octanol–water partition coefficient (Wildman–Crippen LogP) is 5.13. The third kappa shape index (κ3) is 12.2. The Morgan fingerprint density at radius 3 is 1.57 bits per heavy atom. The molecule has 10 nitrogen and oxygen atoms in total. The second-order valence-electron chi connectivity index (χ2n) is 9.35. The molecule has 0 atom stereocenters. The zero-order valence-corrected chi connectivity index (χ0v) is 25.3. The molecule has 0 aliphatic carbocycles. The second-order valence-corrected chi connectivity index (χ2v) is 9.35. The Morgan fingerprint density at radius 2 is 1.09 bits per heavy atom. The molecule has 0 bridgehead atoms. The molecule has 0 amide bonds. The topological polar surface area (TPSA) is 108 Å². The van der Waals surface area contributed by atoms with E-state index in [-0.39, 0.29) is 13.2 Å². The smallest absolute Gasteiger partial charge is 0.339 e. The monoisotopic (exact) mass is 608 g/mol. The summed E-state index contributed by atoms with van der Waals surface area (Å²) in [6.45, 7) is 7.81. The van der Waals surface area contributed by atoms with Crippen LogP contribution >= 0.6 is 0 Å². The van der Waals surface area contributed by atoms with Gasteiger partial charge in [-0.2, -0.15) is 0 Å². The average Bonchev–Trinajstić information content (AvgIpc) is 3.06. The molecule has 0 radical (unpaired) electrons. The van der Waals surface area contributed by atoms with Crippen LogP contribution in [-0.2, 0) is 41.6 Å². The first kappa shape index (κ1) is 34.3. The van der Waals surface area contributed by atoms with Crippen molar-refractivity contribution < 1.29 is 47.5 Å². The highest BCUT2D eigenvalue weighted by Crippen LogP contribution is 2.19. The lowest BCUT2D eigenvalue weighted by Gasteiger charge is -2.11. The Morgan fingerprint density at radius 1 is 0.614 bits per heavy atom. The van der Waals surface area contributed by atoms with Crippen molar-refractivity contribution in [2.45, 2.75) is 13.2 Å². The molecule has 0 aliphatic rings. The number of ether oxygens (including phenoxy) is 8. The minimum atomic E-state index is -0.530. The fourth-order valence-electron chi connectivity index (χ4n) is 3.79. The highest BCUT2D eigenvalue weighted by molar-refractivity contribution is 5.97. The van der Waals surface area contributed by atoms with Crippen LogP contribution in [0.2, 0.25) is 0 Å². The molecular formula is C34H40O10. The minimum Gasteiger partial charge on any atom is -0.491 e. The Balaban J connectivity index is 1.43. The quantitative estimate of drug-likeness (QED) is 0.119. The van der Waals surface area contributed by atoms with Crippen molar-refractivity contribution in [3.63, 3.8) is 0 Å². The average molecular weight is 609 g/mol. The van der Waals surface area contributed by atoms with Gasteiger partial charge in [0.2, 0.25) is 0 Å². The Kier molecular flexibility index (Phi) is 15.5. The number of hydrogen-bond donors (Lipinski definition) is 0. The van der Waals surface area contributed by atoms with Crippen LogP contribution in [0, 0.1) is 0 Å².